The number of hydrogen-bond donors (Lipinski definition) is 2. The number of nitrogens with zero attached hydrogens (tertiary/aromatic N) is 1. The van der Waals surface area contributed by atoms with Crippen molar-refractivity contribution < 1.29 is 14.7 Å². The number of amides is 1. The third-order valence-corrected chi connectivity index (χ3v) is 4.33. The maximum atomic E-state index is 12.2. The molecule has 1 saturated carbocycles. The number of nitrogens with one attached hydrogen (secondary N) is 1. The minimum absolute atomic E-state index is 0.0624. The van der Waals surface area contributed by atoms with Crippen LogP contribution in [0, 0.1) is 5.41 Å². The second-order valence-corrected chi connectivity index (χ2v) is 5.90. The van der Waals surface area contributed by atoms with E-state index in [0.29, 0.717) is 12.8 Å². The predicted octanol–water partition coefficient (Wildman–Crippen LogP) is 2.68. The SMILES string of the molecule is CC(NC(=O)CC1(C(=O)O)CCCCC1)c1cccnc1. The summed E-state index contributed by atoms with van der Waals surface area (Å²) in [5, 5.41) is 12.4. The Labute approximate surface area is 124 Å². The van der Waals surface area contributed by atoms with Gasteiger partial charge in [-0.25, -0.2) is 0 Å². The highest BCUT2D eigenvalue weighted by Crippen LogP contribution is 2.39. The van der Waals surface area contributed by atoms with Crippen molar-refractivity contribution in [2.75, 3.05) is 0 Å². The van der Waals surface area contributed by atoms with Gasteiger partial charge in [-0.15, -0.1) is 0 Å². The summed E-state index contributed by atoms with van der Waals surface area (Å²) in [7, 11) is 0. The van der Waals surface area contributed by atoms with Gasteiger partial charge in [-0.1, -0.05) is 25.3 Å². The normalized spacial score (nSPS) is 18.7. The largest absolute Gasteiger partial charge is 0.481 e. The Morgan fingerprint density at radius 2 is 2.10 bits per heavy atom. The van der Waals surface area contributed by atoms with Crippen LogP contribution in [0.3, 0.4) is 0 Å². The predicted molar refractivity (Wildman–Crippen MR) is 78.6 cm³/mol. The monoisotopic (exact) mass is 290 g/mol. The van der Waals surface area contributed by atoms with Gasteiger partial charge in [0.25, 0.3) is 0 Å². The summed E-state index contributed by atoms with van der Waals surface area (Å²) in [5.74, 6) is -1.04. The molecule has 1 heterocycles. The standard InChI is InChI=1S/C16H22N2O3/c1-12(13-6-5-9-17-11-13)18-14(19)10-16(15(20)21)7-3-2-4-8-16/h5-6,9,11-12H,2-4,7-8,10H2,1H3,(H,18,19)(H,20,21). The van der Waals surface area contributed by atoms with Crippen molar-refractivity contribution in [3.63, 3.8) is 0 Å². The van der Waals surface area contributed by atoms with Gasteiger partial charge in [0.05, 0.1) is 11.5 Å². The molecule has 114 valence electrons. The van der Waals surface area contributed by atoms with Crippen molar-refractivity contribution in [3.8, 4) is 0 Å². The summed E-state index contributed by atoms with van der Waals surface area (Å²) >= 11 is 0. The maximum absolute atomic E-state index is 12.2. The number of carboxylic acids is 1. The summed E-state index contributed by atoms with van der Waals surface area (Å²) < 4.78 is 0. The lowest BCUT2D eigenvalue weighted by Gasteiger charge is -2.32. The van der Waals surface area contributed by atoms with E-state index in [-0.39, 0.29) is 18.4 Å². The molecule has 1 aliphatic rings. The molecule has 1 atom stereocenters. The molecule has 1 amide bonds. The van der Waals surface area contributed by atoms with Crippen LogP contribution in [0.25, 0.3) is 0 Å². The lowest BCUT2D eigenvalue weighted by molar-refractivity contribution is -0.154. The van der Waals surface area contributed by atoms with Crippen molar-refractivity contribution in [3.05, 3.63) is 30.1 Å². The zero-order valence-electron chi connectivity index (χ0n) is 12.3. The zero-order valence-corrected chi connectivity index (χ0v) is 12.3. The minimum atomic E-state index is -0.878. The van der Waals surface area contributed by atoms with Gasteiger partial charge in [0.2, 0.25) is 5.91 Å². The third kappa shape index (κ3) is 3.80. The van der Waals surface area contributed by atoms with Crippen LogP contribution in [-0.2, 0) is 9.59 Å². The maximum Gasteiger partial charge on any atom is 0.310 e. The van der Waals surface area contributed by atoms with E-state index >= 15 is 0 Å². The molecule has 0 spiro atoms. The first-order valence-electron chi connectivity index (χ1n) is 7.46. The Morgan fingerprint density at radius 1 is 1.38 bits per heavy atom. The molecule has 1 unspecified atom stereocenters. The molecule has 21 heavy (non-hydrogen) atoms. The van der Waals surface area contributed by atoms with Crippen molar-refractivity contribution in [2.45, 2.75) is 51.5 Å². The fourth-order valence-electron chi connectivity index (χ4n) is 3.01. The molecule has 0 bridgehead atoms. The lowest BCUT2D eigenvalue weighted by atomic mass is 9.71. The number of carbonyl (C=O) groups excluding carboxylic acids is 1. The fourth-order valence-corrected chi connectivity index (χ4v) is 3.01. The average Bonchev–Trinajstić information content (AvgIpc) is 2.48. The second kappa shape index (κ2) is 6.70. The van der Waals surface area contributed by atoms with E-state index in [2.05, 4.69) is 10.3 Å². The summed E-state index contributed by atoms with van der Waals surface area (Å²) in [5.41, 5.74) is 0.0376. The Hall–Kier alpha value is -1.91. The summed E-state index contributed by atoms with van der Waals surface area (Å²) in [4.78, 5) is 27.8. The van der Waals surface area contributed by atoms with Gasteiger partial charge in [-0.3, -0.25) is 14.6 Å². The molecule has 0 radical (unpaired) electrons. The van der Waals surface area contributed by atoms with Crippen LogP contribution in [0.15, 0.2) is 24.5 Å². The number of aliphatic carboxylic acids is 1. The topological polar surface area (TPSA) is 79.3 Å². The molecule has 0 aromatic carbocycles. The van der Waals surface area contributed by atoms with Crippen LogP contribution < -0.4 is 5.32 Å². The molecule has 1 aliphatic carbocycles. The Kier molecular flexibility index (Phi) is 4.94. The van der Waals surface area contributed by atoms with Crippen molar-refractivity contribution in [2.24, 2.45) is 5.41 Å². The Morgan fingerprint density at radius 3 is 2.67 bits per heavy atom. The Balaban J connectivity index is 1.98. The molecule has 2 N–H and O–H groups in total. The van der Waals surface area contributed by atoms with Gasteiger partial charge >= 0.3 is 5.97 Å². The molecule has 0 saturated heterocycles. The van der Waals surface area contributed by atoms with E-state index in [1.807, 2.05) is 19.1 Å². The van der Waals surface area contributed by atoms with Gasteiger partial charge in [0.15, 0.2) is 0 Å². The molecule has 2 rings (SSSR count). The van der Waals surface area contributed by atoms with E-state index in [1.165, 1.54) is 0 Å². The summed E-state index contributed by atoms with van der Waals surface area (Å²) in [6, 6.07) is 3.55. The van der Waals surface area contributed by atoms with Crippen LogP contribution >= 0.6 is 0 Å². The number of rotatable bonds is 5. The average molecular weight is 290 g/mol. The van der Waals surface area contributed by atoms with Crippen LogP contribution in [0.4, 0.5) is 0 Å². The molecule has 5 nitrogen and oxygen atoms in total. The Bertz CT molecular complexity index is 496. The van der Waals surface area contributed by atoms with Gasteiger partial charge in [-0.05, 0) is 31.4 Å². The van der Waals surface area contributed by atoms with Crippen LogP contribution in [-0.4, -0.2) is 22.0 Å². The second-order valence-electron chi connectivity index (χ2n) is 5.90. The minimum Gasteiger partial charge on any atom is -0.481 e. The highest BCUT2D eigenvalue weighted by Gasteiger charge is 2.41. The van der Waals surface area contributed by atoms with Gasteiger partial charge in [0.1, 0.15) is 0 Å². The van der Waals surface area contributed by atoms with E-state index < -0.39 is 11.4 Å². The van der Waals surface area contributed by atoms with E-state index in [0.717, 1.165) is 24.8 Å². The smallest absolute Gasteiger partial charge is 0.310 e. The molecule has 5 heteroatoms. The van der Waals surface area contributed by atoms with Gasteiger partial charge < -0.3 is 10.4 Å². The number of aromatic nitrogens is 1. The molecule has 1 aromatic rings. The van der Waals surface area contributed by atoms with Crippen LogP contribution in [0.2, 0.25) is 0 Å². The summed E-state index contributed by atoms with van der Waals surface area (Å²) in [6.45, 7) is 1.88. The van der Waals surface area contributed by atoms with Crippen molar-refractivity contribution >= 4 is 11.9 Å². The van der Waals surface area contributed by atoms with Gasteiger partial charge in [-0.2, -0.15) is 0 Å². The number of pyridine rings is 1. The molecule has 1 fully saturated rings. The first-order chi connectivity index (χ1) is 10.0. The first-order valence-corrected chi connectivity index (χ1v) is 7.46. The molecular formula is C16H22N2O3. The number of carbonyl (C=O) groups is 2. The molecule has 0 aliphatic heterocycles. The highest BCUT2D eigenvalue weighted by molar-refractivity contribution is 5.85. The molecular weight excluding hydrogens is 268 g/mol. The van der Waals surface area contributed by atoms with E-state index in [9.17, 15) is 14.7 Å². The quantitative estimate of drug-likeness (QED) is 0.873. The van der Waals surface area contributed by atoms with E-state index in [1.54, 1.807) is 12.4 Å². The lowest BCUT2D eigenvalue weighted by Crippen LogP contribution is -2.39. The first kappa shape index (κ1) is 15.5. The zero-order chi connectivity index (χ0) is 15.3. The van der Waals surface area contributed by atoms with Gasteiger partial charge in [0, 0.05) is 18.8 Å². The third-order valence-electron chi connectivity index (χ3n) is 4.33. The highest BCUT2D eigenvalue weighted by atomic mass is 16.4. The number of carboxylic acid groups (broad SMARTS) is 1. The fraction of sp³-hybridized carbons (Fsp3) is 0.562. The van der Waals surface area contributed by atoms with Crippen LogP contribution in [0.5, 0.6) is 0 Å². The van der Waals surface area contributed by atoms with Crippen LogP contribution in [0.1, 0.15) is 57.1 Å². The summed E-state index contributed by atoms with van der Waals surface area (Å²) in [6.07, 6.45) is 7.47. The van der Waals surface area contributed by atoms with Crippen molar-refractivity contribution in [1.29, 1.82) is 0 Å². The van der Waals surface area contributed by atoms with E-state index in [4.69, 9.17) is 0 Å². The number of hydrogen-bond acceptors (Lipinski definition) is 3. The van der Waals surface area contributed by atoms with Crippen molar-refractivity contribution in [1.82, 2.24) is 10.3 Å². The molecule has 1 aromatic heterocycles.